The van der Waals surface area contributed by atoms with E-state index in [-0.39, 0.29) is 0 Å². The molecule has 0 aliphatic rings. The number of methoxy groups -OCH3 is 1. The molecule has 0 spiro atoms. The van der Waals surface area contributed by atoms with Gasteiger partial charge in [-0.25, -0.2) is 4.98 Å². The predicted octanol–water partition coefficient (Wildman–Crippen LogP) is 4.60. The van der Waals surface area contributed by atoms with Crippen molar-refractivity contribution in [3.05, 3.63) is 45.7 Å². The third kappa shape index (κ3) is 3.48. The van der Waals surface area contributed by atoms with E-state index in [1.54, 1.807) is 30.2 Å². The molecule has 3 rings (SSSR count). The summed E-state index contributed by atoms with van der Waals surface area (Å²) in [6.07, 6.45) is 0. The molecule has 1 N–H and O–H groups in total. The monoisotopic (exact) mass is 381 g/mol. The number of rotatable bonds is 5. The highest BCUT2D eigenvalue weighted by Gasteiger charge is 2.09. The second kappa shape index (κ2) is 6.64. The highest BCUT2D eigenvalue weighted by atomic mass is 79.9. The van der Waals surface area contributed by atoms with Crippen LogP contribution < -0.4 is 4.74 Å². The van der Waals surface area contributed by atoms with Crippen molar-refractivity contribution in [1.82, 2.24) is 15.2 Å². The summed E-state index contributed by atoms with van der Waals surface area (Å²) in [4.78, 5) is 5.59. The minimum atomic E-state index is 0.737. The lowest BCUT2D eigenvalue weighted by molar-refractivity contribution is 0.411. The van der Waals surface area contributed by atoms with E-state index in [9.17, 15) is 0 Å². The number of nitrogens with one attached hydrogen (secondary N) is 1. The Balaban J connectivity index is 1.72. The summed E-state index contributed by atoms with van der Waals surface area (Å²) in [5, 5.41) is 9.98. The Labute approximate surface area is 139 Å². The van der Waals surface area contributed by atoms with Gasteiger partial charge >= 0.3 is 0 Å². The van der Waals surface area contributed by atoms with E-state index >= 15 is 0 Å². The maximum absolute atomic E-state index is 5.37. The van der Waals surface area contributed by atoms with Crippen LogP contribution in [0.4, 0.5) is 0 Å². The van der Waals surface area contributed by atoms with Crippen LogP contribution in [-0.4, -0.2) is 22.3 Å². The van der Waals surface area contributed by atoms with E-state index in [0.717, 1.165) is 37.4 Å². The molecule has 0 aliphatic carbocycles. The van der Waals surface area contributed by atoms with Gasteiger partial charge in [0.05, 0.1) is 12.0 Å². The van der Waals surface area contributed by atoms with E-state index < -0.39 is 0 Å². The number of nitrogens with zero attached hydrogens (tertiary/aromatic N) is 2. The summed E-state index contributed by atoms with van der Waals surface area (Å²) in [5.74, 6) is 2.44. The molecular weight excluding hydrogens is 370 g/mol. The van der Waals surface area contributed by atoms with E-state index in [4.69, 9.17) is 4.74 Å². The van der Waals surface area contributed by atoms with Crippen molar-refractivity contribution in [3.63, 3.8) is 0 Å². The van der Waals surface area contributed by atoms with E-state index in [2.05, 4.69) is 37.2 Å². The molecule has 0 radical (unpaired) electrons. The van der Waals surface area contributed by atoms with Crippen LogP contribution in [0.1, 0.15) is 5.56 Å². The Kier molecular flexibility index (Phi) is 4.62. The van der Waals surface area contributed by atoms with Crippen LogP contribution in [0, 0.1) is 0 Å². The first-order chi connectivity index (χ1) is 10.3. The van der Waals surface area contributed by atoms with Crippen molar-refractivity contribution >= 4 is 39.0 Å². The van der Waals surface area contributed by atoms with E-state index in [1.807, 2.05) is 29.6 Å². The smallest absolute Gasteiger partial charge is 0.209 e. The van der Waals surface area contributed by atoms with Gasteiger partial charge in [-0.3, -0.25) is 5.10 Å². The summed E-state index contributed by atoms with van der Waals surface area (Å²) < 4.78 is 6.41. The molecule has 108 valence electrons. The van der Waals surface area contributed by atoms with Crippen LogP contribution in [0.25, 0.3) is 10.7 Å². The highest BCUT2D eigenvalue weighted by Crippen LogP contribution is 2.30. The largest absolute Gasteiger partial charge is 0.496 e. The molecule has 1 aromatic carbocycles. The fourth-order valence-corrected chi connectivity index (χ4v) is 3.69. The maximum atomic E-state index is 5.37. The Bertz CT molecular complexity index is 728. The van der Waals surface area contributed by atoms with Gasteiger partial charge in [0.1, 0.15) is 5.75 Å². The average Bonchev–Trinajstić information content (AvgIpc) is 3.16. The van der Waals surface area contributed by atoms with Crippen molar-refractivity contribution in [2.24, 2.45) is 0 Å². The number of thioether (sulfide) groups is 1. The van der Waals surface area contributed by atoms with Crippen molar-refractivity contribution in [1.29, 1.82) is 0 Å². The molecule has 0 saturated heterocycles. The molecular formula is C14H12BrN3OS2. The highest BCUT2D eigenvalue weighted by molar-refractivity contribution is 9.10. The van der Waals surface area contributed by atoms with Gasteiger partial charge < -0.3 is 4.74 Å². The number of halogens is 1. The zero-order valence-corrected chi connectivity index (χ0v) is 14.4. The molecule has 0 fully saturated rings. The molecule has 4 nitrogen and oxygen atoms in total. The van der Waals surface area contributed by atoms with Crippen LogP contribution in [-0.2, 0) is 5.75 Å². The van der Waals surface area contributed by atoms with Gasteiger partial charge in [0.25, 0.3) is 0 Å². The summed E-state index contributed by atoms with van der Waals surface area (Å²) in [6, 6.07) is 10.0. The summed E-state index contributed by atoms with van der Waals surface area (Å²) >= 11 is 6.70. The molecule has 21 heavy (non-hydrogen) atoms. The van der Waals surface area contributed by atoms with Gasteiger partial charge in [0.2, 0.25) is 5.16 Å². The number of thiophene rings is 1. The fraction of sp³-hybridized carbons (Fsp3) is 0.143. The minimum absolute atomic E-state index is 0.737. The molecule has 0 unspecified atom stereocenters. The van der Waals surface area contributed by atoms with Gasteiger partial charge in [0.15, 0.2) is 5.82 Å². The zero-order valence-electron chi connectivity index (χ0n) is 11.2. The molecule has 2 aromatic heterocycles. The molecule has 0 atom stereocenters. The van der Waals surface area contributed by atoms with Gasteiger partial charge in [-0.15, -0.1) is 16.4 Å². The van der Waals surface area contributed by atoms with Crippen LogP contribution >= 0.6 is 39.0 Å². The lowest BCUT2D eigenvalue weighted by Gasteiger charge is -2.07. The average molecular weight is 382 g/mol. The van der Waals surface area contributed by atoms with E-state index in [0.29, 0.717) is 0 Å². The number of hydrogen-bond acceptors (Lipinski definition) is 5. The maximum Gasteiger partial charge on any atom is 0.209 e. The summed E-state index contributed by atoms with van der Waals surface area (Å²) in [7, 11) is 1.68. The van der Waals surface area contributed by atoms with Crippen molar-refractivity contribution in [2.75, 3.05) is 7.11 Å². The third-order valence-electron chi connectivity index (χ3n) is 2.82. The quantitative estimate of drug-likeness (QED) is 0.656. The molecule has 0 bridgehead atoms. The number of aromatic nitrogens is 3. The van der Waals surface area contributed by atoms with Crippen molar-refractivity contribution < 1.29 is 4.74 Å². The Hall–Kier alpha value is -1.31. The molecule has 0 amide bonds. The molecule has 0 aliphatic heterocycles. The van der Waals surface area contributed by atoms with Gasteiger partial charge in [-0.05, 0) is 29.6 Å². The van der Waals surface area contributed by atoms with Crippen LogP contribution in [0.15, 0.2) is 45.3 Å². The number of H-pyrrole nitrogens is 1. The molecule has 7 heteroatoms. The van der Waals surface area contributed by atoms with Gasteiger partial charge in [-0.2, -0.15) is 0 Å². The molecule has 3 aromatic rings. The fourth-order valence-electron chi connectivity index (χ4n) is 1.84. The van der Waals surface area contributed by atoms with Crippen LogP contribution in [0.3, 0.4) is 0 Å². The second-order valence-electron chi connectivity index (χ2n) is 4.19. The Morgan fingerprint density at radius 2 is 2.29 bits per heavy atom. The van der Waals surface area contributed by atoms with Crippen molar-refractivity contribution in [3.8, 4) is 16.5 Å². The first kappa shape index (κ1) is 14.6. The van der Waals surface area contributed by atoms with Gasteiger partial charge in [0, 0.05) is 15.8 Å². The SMILES string of the molecule is COc1ccc(Br)cc1CSc1n[nH]c(-c2cccs2)n1. The Morgan fingerprint density at radius 3 is 3.05 bits per heavy atom. The lowest BCUT2D eigenvalue weighted by Crippen LogP contribution is -1.90. The summed E-state index contributed by atoms with van der Waals surface area (Å²) in [6.45, 7) is 0. The predicted molar refractivity (Wildman–Crippen MR) is 90.0 cm³/mol. The third-order valence-corrected chi connectivity index (χ3v) is 5.08. The zero-order chi connectivity index (χ0) is 14.7. The van der Waals surface area contributed by atoms with Crippen LogP contribution in [0.2, 0.25) is 0 Å². The number of benzene rings is 1. The topological polar surface area (TPSA) is 50.8 Å². The first-order valence-corrected chi connectivity index (χ1v) is 8.83. The second-order valence-corrected chi connectivity index (χ2v) is 6.99. The van der Waals surface area contributed by atoms with E-state index in [1.165, 1.54) is 0 Å². The summed E-state index contributed by atoms with van der Waals surface area (Å²) in [5.41, 5.74) is 1.11. The number of ether oxygens (including phenoxy) is 1. The molecule has 2 heterocycles. The number of hydrogen-bond donors (Lipinski definition) is 1. The lowest BCUT2D eigenvalue weighted by atomic mass is 10.2. The van der Waals surface area contributed by atoms with Crippen LogP contribution in [0.5, 0.6) is 5.75 Å². The number of aromatic amines is 1. The first-order valence-electron chi connectivity index (χ1n) is 6.18. The normalized spacial score (nSPS) is 10.8. The molecule has 0 saturated carbocycles. The van der Waals surface area contributed by atoms with Gasteiger partial charge in [-0.1, -0.05) is 33.8 Å². The minimum Gasteiger partial charge on any atom is -0.496 e. The van der Waals surface area contributed by atoms with Crippen molar-refractivity contribution in [2.45, 2.75) is 10.9 Å². The Morgan fingerprint density at radius 1 is 1.38 bits per heavy atom. The standard InChI is InChI=1S/C14H12BrN3OS2/c1-19-11-5-4-10(15)7-9(11)8-21-14-16-13(17-18-14)12-3-2-6-20-12/h2-7H,8H2,1H3,(H,16,17,18).